The largest absolute Gasteiger partial charge is 0.462 e. The Morgan fingerprint density at radius 2 is 1.81 bits per heavy atom. The molecule has 1 atom stereocenters. The van der Waals surface area contributed by atoms with E-state index in [4.69, 9.17) is 4.74 Å². The summed E-state index contributed by atoms with van der Waals surface area (Å²) in [7, 11) is 0. The lowest BCUT2D eigenvalue weighted by atomic mass is 9.96. The van der Waals surface area contributed by atoms with Gasteiger partial charge in [0.1, 0.15) is 0 Å². The van der Waals surface area contributed by atoms with Crippen molar-refractivity contribution in [2.75, 3.05) is 25.0 Å². The molecule has 1 aliphatic rings. The summed E-state index contributed by atoms with van der Waals surface area (Å²) in [5, 5.41) is 5.53. The average Bonchev–Trinajstić information content (AvgIpc) is 2.80. The topological polar surface area (TPSA) is 58.6 Å². The number of nitrogens with one attached hydrogen (secondary N) is 1. The van der Waals surface area contributed by atoms with Gasteiger partial charge >= 0.3 is 5.97 Å². The molecule has 3 aromatic rings. The van der Waals surface area contributed by atoms with Gasteiger partial charge in [0.25, 0.3) is 0 Å². The first-order valence-corrected chi connectivity index (χ1v) is 10.9. The van der Waals surface area contributed by atoms with E-state index in [-0.39, 0.29) is 17.8 Å². The van der Waals surface area contributed by atoms with Crippen LogP contribution in [0.15, 0.2) is 66.7 Å². The summed E-state index contributed by atoms with van der Waals surface area (Å²) in [5.74, 6) is -0.364. The van der Waals surface area contributed by atoms with Gasteiger partial charge in [-0.3, -0.25) is 9.69 Å². The van der Waals surface area contributed by atoms with E-state index in [0.29, 0.717) is 17.9 Å². The highest BCUT2D eigenvalue weighted by atomic mass is 16.5. The zero-order valence-electron chi connectivity index (χ0n) is 17.8. The molecule has 160 valence electrons. The van der Waals surface area contributed by atoms with Crippen LogP contribution in [-0.2, 0) is 16.1 Å². The molecule has 0 aliphatic carbocycles. The van der Waals surface area contributed by atoms with E-state index in [2.05, 4.69) is 52.7 Å². The number of piperidine rings is 1. The monoisotopic (exact) mass is 416 g/mol. The smallest absolute Gasteiger partial charge is 0.338 e. The third kappa shape index (κ3) is 5.12. The minimum atomic E-state index is -0.350. The van der Waals surface area contributed by atoms with Crippen LogP contribution in [-0.4, -0.2) is 36.5 Å². The number of anilines is 1. The number of benzene rings is 3. The van der Waals surface area contributed by atoms with Crippen molar-refractivity contribution in [2.24, 2.45) is 5.92 Å². The van der Waals surface area contributed by atoms with E-state index in [9.17, 15) is 9.59 Å². The molecule has 0 bridgehead atoms. The van der Waals surface area contributed by atoms with Crippen molar-refractivity contribution in [1.82, 2.24) is 4.90 Å². The Balaban J connectivity index is 1.38. The standard InChI is InChI=1S/C26H28N2O3/c1-2-31-26(30)20-12-14-23(15-13-20)27-25(29)22-10-6-16-28(18-22)17-21-9-5-8-19-7-3-4-11-24(19)21/h3-5,7-9,11-15,22H,2,6,10,16-18H2,1H3,(H,27,29). The molecule has 4 rings (SSSR count). The third-order valence-electron chi connectivity index (χ3n) is 5.81. The van der Waals surface area contributed by atoms with Crippen LogP contribution in [0.3, 0.4) is 0 Å². The van der Waals surface area contributed by atoms with Gasteiger partial charge in [0.2, 0.25) is 5.91 Å². The highest BCUT2D eigenvalue weighted by molar-refractivity contribution is 5.94. The van der Waals surface area contributed by atoms with Crippen LogP contribution in [0.2, 0.25) is 0 Å². The Bertz CT molecular complexity index is 1060. The Morgan fingerprint density at radius 1 is 1.03 bits per heavy atom. The molecule has 1 unspecified atom stereocenters. The third-order valence-corrected chi connectivity index (χ3v) is 5.81. The number of amides is 1. The van der Waals surface area contributed by atoms with Gasteiger partial charge in [0, 0.05) is 18.8 Å². The fourth-order valence-electron chi connectivity index (χ4n) is 4.23. The predicted octanol–water partition coefficient (Wildman–Crippen LogP) is 4.87. The quantitative estimate of drug-likeness (QED) is 0.583. The molecule has 31 heavy (non-hydrogen) atoms. The van der Waals surface area contributed by atoms with Gasteiger partial charge < -0.3 is 10.1 Å². The van der Waals surface area contributed by atoms with Gasteiger partial charge in [-0.25, -0.2) is 4.79 Å². The van der Waals surface area contributed by atoms with Crippen molar-refractivity contribution in [3.05, 3.63) is 77.9 Å². The van der Waals surface area contributed by atoms with Crippen LogP contribution in [0, 0.1) is 5.92 Å². The number of likely N-dealkylation sites (tertiary alicyclic amines) is 1. The maximum atomic E-state index is 12.9. The molecule has 0 aromatic heterocycles. The summed E-state index contributed by atoms with van der Waals surface area (Å²) in [4.78, 5) is 27.0. The van der Waals surface area contributed by atoms with Crippen molar-refractivity contribution in [2.45, 2.75) is 26.3 Å². The van der Waals surface area contributed by atoms with Crippen LogP contribution in [0.4, 0.5) is 5.69 Å². The van der Waals surface area contributed by atoms with Crippen LogP contribution in [0.25, 0.3) is 10.8 Å². The number of nitrogens with zero attached hydrogens (tertiary/aromatic N) is 1. The normalized spacial score (nSPS) is 16.7. The maximum absolute atomic E-state index is 12.9. The molecule has 0 spiro atoms. The highest BCUT2D eigenvalue weighted by Gasteiger charge is 2.26. The van der Waals surface area contributed by atoms with Gasteiger partial charge in [0.15, 0.2) is 0 Å². The lowest BCUT2D eigenvalue weighted by molar-refractivity contribution is -0.121. The molecule has 1 heterocycles. The first kappa shape index (κ1) is 21.1. The van der Waals surface area contributed by atoms with Crippen LogP contribution in [0.1, 0.15) is 35.7 Å². The van der Waals surface area contributed by atoms with Gasteiger partial charge in [0.05, 0.1) is 18.1 Å². The summed E-state index contributed by atoms with van der Waals surface area (Å²) in [5.41, 5.74) is 2.48. The van der Waals surface area contributed by atoms with E-state index in [1.54, 1.807) is 31.2 Å². The predicted molar refractivity (Wildman–Crippen MR) is 123 cm³/mol. The molecule has 1 N–H and O–H groups in total. The van der Waals surface area contributed by atoms with E-state index in [0.717, 1.165) is 32.5 Å². The zero-order valence-corrected chi connectivity index (χ0v) is 17.8. The van der Waals surface area contributed by atoms with E-state index in [1.165, 1.54) is 16.3 Å². The van der Waals surface area contributed by atoms with E-state index in [1.807, 2.05) is 0 Å². The van der Waals surface area contributed by atoms with E-state index >= 15 is 0 Å². The van der Waals surface area contributed by atoms with Gasteiger partial charge in [-0.05, 0) is 66.9 Å². The Labute approximate surface area is 183 Å². The number of carbonyl (C=O) groups is 2. The minimum absolute atomic E-state index is 0.0338. The molecule has 5 heteroatoms. The summed E-state index contributed by atoms with van der Waals surface area (Å²) >= 11 is 0. The molecule has 1 aliphatic heterocycles. The number of carbonyl (C=O) groups excluding carboxylic acids is 2. The van der Waals surface area contributed by atoms with Crippen LogP contribution >= 0.6 is 0 Å². The molecule has 1 fully saturated rings. The minimum Gasteiger partial charge on any atom is -0.462 e. The second-order valence-electron chi connectivity index (χ2n) is 8.00. The van der Waals surface area contributed by atoms with Gasteiger partial charge in [-0.15, -0.1) is 0 Å². The Hall–Kier alpha value is -3.18. The zero-order chi connectivity index (χ0) is 21.6. The average molecular weight is 417 g/mol. The molecule has 1 amide bonds. The van der Waals surface area contributed by atoms with Crippen molar-refractivity contribution >= 4 is 28.3 Å². The Kier molecular flexibility index (Phi) is 6.63. The fourth-order valence-corrected chi connectivity index (χ4v) is 4.23. The molecule has 5 nitrogen and oxygen atoms in total. The SMILES string of the molecule is CCOC(=O)c1ccc(NC(=O)C2CCCN(Cc3cccc4ccccc34)C2)cc1. The molecule has 0 radical (unpaired) electrons. The number of esters is 1. The van der Waals surface area contributed by atoms with Crippen molar-refractivity contribution in [3.8, 4) is 0 Å². The Morgan fingerprint density at radius 3 is 2.61 bits per heavy atom. The summed E-state index contributed by atoms with van der Waals surface area (Å²) in [6.45, 7) is 4.71. The number of hydrogen-bond donors (Lipinski definition) is 1. The molecule has 1 saturated heterocycles. The number of rotatable bonds is 6. The van der Waals surface area contributed by atoms with Gasteiger partial charge in [-0.1, -0.05) is 42.5 Å². The fraction of sp³-hybridized carbons (Fsp3) is 0.308. The summed E-state index contributed by atoms with van der Waals surface area (Å²) < 4.78 is 5.00. The van der Waals surface area contributed by atoms with Gasteiger partial charge in [-0.2, -0.15) is 0 Å². The molecular weight excluding hydrogens is 388 g/mol. The molecule has 0 saturated carbocycles. The van der Waals surface area contributed by atoms with Crippen molar-refractivity contribution in [1.29, 1.82) is 0 Å². The van der Waals surface area contributed by atoms with Crippen LogP contribution < -0.4 is 5.32 Å². The van der Waals surface area contributed by atoms with E-state index < -0.39 is 0 Å². The summed E-state index contributed by atoms with van der Waals surface area (Å²) in [6.07, 6.45) is 1.89. The maximum Gasteiger partial charge on any atom is 0.338 e. The number of hydrogen-bond acceptors (Lipinski definition) is 4. The second kappa shape index (κ2) is 9.75. The lowest BCUT2D eigenvalue weighted by Gasteiger charge is -2.32. The molecular formula is C26H28N2O3. The second-order valence-corrected chi connectivity index (χ2v) is 8.00. The number of ether oxygens (including phenoxy) is 1. The van der Waals surface area contributed by atoms with Crippen molar-refractivity contribution in [3.63, 3.8) is 0 Å². The lowest BCUT2D eigenvalue weighted by Crippen LogP contribution is -2.40. The first-order valence-electron chi connectivity index (χ1n) is 10.9. The van der Waals surface area contributed by atoms with Crippen molar-refractivity contribution < 1.29 is 14.3 Å². The number of fused-ring (bicyclic) bond motifs is 1. The van der Waals surface area contributed by atoms with Crippen LogP contribution in [0.5, 0.6) is 0 Å². The summed E-state index contributed by atoms with van der Waals surface area (Å²) in [6, 6.07) is 21.7. The first-order chi connectivity index (χ1) is 15.1. The highest BCUT2D eigenvalue weighted by Crippen LogP contribution is 2.24. The molecule has 3 aromatic carbocycles.